The fourth-order valence-corrected chi connectivity index (χ4v) is 7.91. The zero-order valence-electron chi connectivity index (χ0n) is 37.1. The number of nitrogens with one attached hydrogen (secondary N) is 2. The highest BCUT2D eigenvalue weighted by molar-refractivity contribution is 6.23. The Morgan fingerprint density at radius 2 is 1.76 bits per heavy atom. The number of fused-ring (bicyclic) bond motifs is 3. The average molecular weight is 875 g/mol. The van der Waals surface area contributed by atoms with Crippen LogP contribution in [0.1, 0.15) is 66.2 Å². The molecule has 6 atom stereocenters. The second-order valence-corrected chi connectivity index (χ2v) is 16.3. The Morgan fingerprint density at radius 3 is 2.48 bits per heavy atom. The van der Waals surface area contributed by atoms with Crippen molar-refractivity contribution < 1.29 is 52.4 Å². The molecule has 16 heteroatoms. The molecule has 0 unspecified atom stereocenters. The number of hydrogen-bond acceptors (Lipinski definition) is 14. The highest BCUT2D eigenvalue weighted by Gasteiger charge is 2.33. The number of amides is 2. The van der Waals surface area contributed by atoms with Gasteiger partial charge in [0.25, 0.3) is 5.91 Å². The van der Waals surface area contributed by atoms with E-state index in [2.05, 4.69) is 10.6 Å². The first-order chi connectivity index (χ1) is 30.2. The van der Waals surface area contributed by atoms with Gasteiger partial charge < -0.3 is 54.5 Å². The first kappa shape index (κ1) is 48.5. The average Bonchev–Trinajstić information content (AvgIpc) is 3.26. The van der Waals surface area contributed by atoms with E-state index >= 15 is 0 Å². The van der Waals surface area contributed by atoms with Gasteiger partial charge in [-0.15, -0.1) is 0 Å². The number of ketones is 2. The lowest BCUT2D eigenvalue weighted by Crippen LogP contribution is -2.38. The molecule has 342 valence electrons. The fourth-order valence-electron chi connectivity index (χ4n) is 7.91. The quantitative estimate of drug-likeness (QED) is 0.119. The number of rotatable bonds is 13. The Morgan fingerprint density at radius 1 is 1.02 bits per heavy atom. The van der Waals surface area contributed by atoms with Crippen LogP contribution in [0.25, 0.3) is 11.0 Å². The van der Waals surface area contributed by atoms with Crippen molar-refractivity contribution in [2.75, 3.05) is 58.6 Å². The summed E-state index contributed by atoms with van der Waals surface area (Å²) >= 11 is 0. The standard InChI is InChI=1S/C47H62N4O12/c1-28-22-34-42(49-16-9-7-8-10-19-61-32-14-15-33-36(52)27-41(62-39(33)25-32)51-17-20-60-21-18-51)37(53)26-35(44(34)55)50-46(56)29(2)12-11-13-38(58-5)45(63-47(48)57)31(4)24-30(3)43(54)40(23-28)59-6/h11-15,24-28,30,38,40,43,45,49,54H,7-10,16-23H2,1-6H3,(H2,48,57)(H,50,56)/b13-11-,29-12+,31-24+/t28-,30+,38+,40+,43-,45+/m1/s1. The topological polar surface area (TPSA) is 218 Å². The number of Topliss-reactive ketones (excluding diaryl/α,β-unsaturated/α-hetero) is 1. The summed E-state index contributed by atoms with van der Waals surface area (Å²) in [5.74, 6) is -1.09. The van der Waals surface area contributed by atoms with Crippen molar-refractivity contribution in [2.24, 2.45) is 17.6 Å². The van der Waals surface area contributed by atoms with Crippen molar-refractivity contribution in [3.8, 4) is 5.75 Å². The molecule has 3 aliphatic rings. The summed E-state index contributed by atoms with van der Waals surface area (Å²) in [6.45, 7) is 10.3. The number of benzene rings is 1. The molecule has 2 amide bonds. The van der Waals surface area contributed by atoms with E-state index in [1.165, 1.54) is 26.4 Å². The van der Waals surface area contributed by atoms with Crippen molar-refractivity contribution in [3.63, 3.8) is 0 Å². The van der Waals surface area contributed by atoms with Crippen LogP contribution >= 0.6 is 0 Å². The third kappa shape index (κ3) is 13.2. The largest absolute Gasteiger partial charge is 0.493 e. The first-order valence-corrected chi connectivity index (χ1v) is 21.6. The Bertz CT molecular complexity index is 2180. The summed E-state index contributed by atoms with van der Waals surface area (Å²) in [4.78, 5) is 67.7. The number of carbonyl (C=O) groups is 4. The summed E-state index contributed by atoms with van der Waals surface area (Å²) in [6.07, 6.45) is 6.80. The van der Waals surface area contributed by atoms with Gasteiger partial charge in [0.2, 0.25) is 11.6 Å². The molecule has 16 nitrogen and oxygen atoms in total. The van der Waals surface area contributed by atoms with Gasteiger partial charge in [0, 0.05) is 69.1 Å². The molecule has 1 aromatic carbocycles. The predicted octanol–water partition coefficient (Wildman–Crippen LogP) is 4.93. The van der Waals surface area contributed by atoms with E-state index in [0.717, 1.165) is 25.3 Å². The van der Waals surface area contributed by atoms with Crippen molar-refractivity contribution in [3.05, 3.63) is 93.0 Å². The van der Waals surface area contributed by atoms with Gasteiger partial charge in [-0.05, 0) is 63.2 Å². The molecule has 2 aliphatic heterocycles. The number of allylic oxidation sites excluding steroid dienone is 4. The normalized spacial score (nSPS) is 26.6. The molecule has 1 saturated heterocycles. The van der Waals surface area contributed by atoms with Gasteiger partial charge in [0.05, 0.1) is 48.8 Å². The number of methoxy groups -OCH3 is 2. The van der Waals surface area contributed by atoms with E-state index in [9.17, 15) is 29.1 Å². The smallest absolute Gasteiger partial charge is 0.405 e. The van der Waals surface area contributed by atoms with Crippen LogP contribution in [0.15, 0.2) is 92.0 Å². The summed E-state index contributed by atoms with van der Waals surface area (Å²) in [5, 5.41) is 17.8. The number of hydrogen-bond donors (Lipinski definition) is 4. The molecule has 3 heterocycles. The van der Waals surface area contributed by atoms with Gasteiger partial charge in [-0.2, -0.15) is 0 Å². The summed E-state index contributed by atoms with van der Waals surface area (Å²) in [6, 6.07) is 6.74. The molecule has 1 aliphatic carbocycles. The molecule has 0 radical (unpaired) electrons. The number of nitrogens with two attached hydrogens (primary N) is 1. The summed E-state index contributed by atoms with van der Waals surface area (Å²) in [5.41, 5.74) is 6.85. The van der Waals surface area contributed by atoms with Gasteiger partial charge >= 0.3 is 6.09 Å². The van der Waals surface area contributed by atoms with Crippen molar-refractivity contribution in [1.82, 2.24) is 10.6 Å². The number of aliphatic hydroxyl groups is 1. The van der Waals surface area contributed by atoms with Crippen LogP contribution in [-0.4, -0.2) is 107 Å². The van der Waals surface area contributed by atoms with Crippen molar-refractivity contribution in [2.45, 2.75) is 90.6 Å². The van der Waals surface area contributed by atoms with Gasteiger partial charge in [-0.1, -0.05) is 51.0 Å². The predicted molar refractivity (Wildman–Crippen MR) is 237 cm³/mol. The van der Waals surface area contributed by atoms with Crippen LogP contribution < -0.4 is 31.4 Å². The van der Waals surface area contributed by atoms with E-state index in [-0.39, 0.29) is 40.3 Å². The Hall–Kier alpha value is -5.55. The second-order valence-electron chi connectivity index (χ2n) is 16.3. The van der Waals surface area contributed by atoms with E-state index in [4.69, 9.17) is 33.8 Å². The molecule has 2 bridgehead atoms. The minimum atomic E-state index is -1.01. The lowest BCUT2D eigenvalue weighted by atomic mass is 9.85. The molecule has 2 aromatic rings. The first-order valence-electron chi connectivity index (χ1n) is 21.6. The maximum Gasteiger partial charge on any atom is 0.405 e. The van der Waals surface area contributed by atoms with Crippen LogP contribution in [0.5, 0.6) is 5.75 Å². The van der Waals surface area contributed by atoms with Crippen LogP contribution in [0.2, 0.25) is 0 Å². The lowest BCUT2D eigenvalue weighted by Gasteiger charge is -2.30. The highest BCUT2D eigenvalue weighted by atomic mass is 16.6. The number of unbranched alkanes of at least 4 members (excludes halogenated alkanes) is 3. The molecule has 5 N–H and O–H groups in total. The van der Waals surface area contributed by atoms with Gasteiger partial charge in [0.1, 0.15) is 17.4 Å². The van der Waals surface area contributed by atoms with Gasteiger partial charge in [0.15, 0.2) is 17.4 Å². The van der Waals surface area contributed by atoms with Gasteiger partial charge in [-0.25, -0.2) is 4.79 Å². The van der Waals surface area contributed by atoms with Crippen molar-refractivity contribution >= 4 is 40.4 Å². The zero-order chi connectivity index (χ0) is 45.6. The lowest BCUT2D eigenvalue weighted by molar-refractivity contribution is -0.120. The van der Waals surface area contributed by atoms with Crippen molar-refractivity contribution in [1.29, 1.82) is 0 Å². The molecule has 1 aromatic heterocycles. The second kappa shape index (κ2) is 23.2. The SMILES string of the molecule is CO[C@H]1/C=C\C=C(/C)C(=O)NC2=CC(=O)C(NCCCCCCOc3ccc4c(=O)cc(N5CCOCC5)oc4c3)=C(C[C@@H](C)C[C@H](OC)[C@H](O)[C@@H](C)/C=C(\C)[C@@H]1OC(N)=O)C2=O. The molecule has 0 saturated carbocycles. The number of primary amides is 1. The molecular weight excluding hydrogens is 813 g/mol. The summed E-state index contributed by atoms with van der Waals surface area (Å²) in [7, 11) is 2.93. The third-order valence-electron chi connectivity index (χ3n) is 11.4. The van der Waals surface area contributed by atoms with Crippen LogP contribution in [0, 0.1) is 11.8 Å². The van der Waals surface area contributed by atoms with Gasteiger partial charge in [-0.3, -0.25) is 19.2 Å². The fraction of sp³-hybridized carbons (Fsp3) is 0.511. The minimum absolute atomic E-state index is 0.111. The van der Waals surface area contributed by atoms with E-state index in [0.29, 0.717) is 80.5 Å². The summed E-state index contributed by atoms with van der Waals surface area (Å²) < 4.78 is 34.3. The number of ether oxygens (including phenoxy) is 5. The molecule has 63 heavy (non-hydrogen) atoms. The maximum absolute atomic E-state index is 14.1. The molecule has 5 rings (SSSR count). The minimum Gasteiger partial charge on any atom is -0.493 e. The third-order valence-corrected chi connectivity index (χ3v) is 11.4. The maximum atomic E-state index is 14.1. The number of aliphatic hydroxyl groups excluding tert-OH is 1. The van der Waals surface area contributed by atoms with E-state index in [1.807, 2.05) is 18.7 Å². The Kier molecular flexibility index (Phi) is 17.9. The monoisotopic (exact) mass is 874 g/mol. The molecule has 0 spiro atoms. The van der Waals surface area contributed by atoms with Crippen LogP contribution in [-0.2, 0) is 33.3 Å². The number of nitrogens with zero attached hydrogens (tertiary/aromatic N) is 1. The van der Waals surface area contributed by atoms with Crippen LogP contribution in [0.3, 0.4) is 0 Å². The molecule has 1 fully saturated rings. The Balaban J connectivity index is 1.24. The van der Waals surface area contributed by atoms with Crippen LogP contribution in [0.4, 0.5) is 10.7 Å². The zero-order valence-corrected chi connectivity index (χ0v) is 37.1. The Labute approximate surface area is 368 Å². The number of anilines is 1. The number of morpholine rings is 1. The highest BCUT2D eigenvalue weighted by Crippen LogP contribution is 2.29. The number of carbonyl (C=O) groups excluding carboxylic acids is 4. The molecular formula is C47H62N4O12. The van der Waals surface area contributed by atoms with E-state index in [1.54, 1.807) is 50.3 Å². The van der Waals surface area contributed by atoms with E-state index < -0.39 is 53.9 Å².